The third kappa shape index (κ3) is 6.55. The number of nitrogens with two attached hydrogens (primary N) is 1. The number of hydrogen-bond donors (Lipinski definition) is 2. The first-order chi connectivity index (χ1) is 20.1. The number of halogens is 1. The van der Waals surface area contributed by atoms with Gasteiger partial charge in [0.15, 0.2) is 0 Å². The number of nitrogens with zero attached hydrogens (tertiary/aromatic N) is 3. The fourth-order valence-corrected chi connectivity index (χ4v) is 6.09. The van der Waals surface area contributed by atoms with Crippen molar-refractivity contribution in [2.24, 2.45) is 5.73 Å². The Kier molecular flexibility index (Phi) is 9.79. The molecule has 10 nitrogen and oxygen atoms in total. The molecule has 4 aromatic rings. The molecule has 0 aliphatic heterocycles. The van der Waals surface area contributed by atoms with Crippen LogP contribution in [0.2, 0.25) is 0 Å². The molecule has 2 aromatic heterocycles. The van der Waals surface area contributed by atoms with E-state index in [0.29, 0.717) is 58.7 Å². The smallest absolute Gasteiger partial charge is 0.267 e. The number of primary amides is 1. The fourth-order valence-electron chi connectivity index (χ4n) is 4.82. The number of aromatic nitrogens is 3. The van der Waals surface area contributed by atoms with E-state index in [0.717, 1.165) is 17.8 Å². The number of aryl methyl sites for hydroxylation is 3. The number of alkyl halides is 1. The molecule has 0 unspecified atom stereocenters. The van der Waals surface area contributed by atoms with E-state index in [9.17, 15) is 17.6 Å². The number of rotatable bonds is 14. The molecule has 0 aliphatic rings. The molecule has 0 fully saturated rings. The van der Waals surface area contributed by atoms with Crippen molar-refractivity contribution in [2.45, 2.75) is 65.0 Å². The minimum absolute atomic E-state index is 0.0291. The van der Waals surface area contributed by atoms with Gasteiger partial charge in [-0.3, -0.25) is 4.79 Å². The van der Waals surface area contributed by atoms with E-state index in [1.54, 1.807) is 32.0 Å². The first-order valence-electron chi connectivity index (χ1n) is 13.8. The predicted octanol–water partition coefficient (Wildman–Crippen LogP) is 5.10. The van der Waals surface area contributed by atoms with E-state index in [1.165, 1.54) is 6.07 Å². The first-order valence-corrected chi connectivity index (χ1v) is 15.3. The van der Waals surface area contributed by atoms with Crippen LogP contribution in [-0.2, 0) is 40.8 Å². The molecule has 42 heavy (non-hydrogen) atoms. The Balaban J connectivity index is 1.79. The van der Waals surface area contributed by atoms with Gasteiger partial charge in [-0.15, -0.1) is 0 Å². The molecule has 0 saturated heterocycles. The summed E-state index contributed by atoms with van der Waals surface area (Å²) in [4.78, 5) is 17.1. The number of carbonyl (C=O) groups is 1. The predicted molar refractivity (Wildman–Crippen MR) is 158 cm³/mol. The van der Waals surface area contributed by atoms with Crippen molar-refractivity contribution in [2.75, 3.05) is 18.0 Å². The molecular weight excluding hydrogens is 561 g/mol. The third-order valence-electron chi connectivity index (χ3n) is 7.00. The molecular formula is C30H36FN5O5S. The minimum Gasteiger partial charge on any atom is -0.374 e. The quantitative estimate of drug-likeness (QED) is 0.193. The SMILES string of the molecule is CCCc1nc(CC)c(C(N)=O)n1Cc1ccc(-c2ccccc2S(=O)(=O)Nc2onc(C)c2C)c(COCCF)c1. The highest BCUT2D eigenvalue weighted by Crippen LogP contribution is 2.33. The van der Waals surface area contributed by atoms with Gasteiger partial charge in [0, 0.05) is 24.1 Å². The highest BCUT2D eigenvalue weighted by molar-refractivity contribution is 7.92. The summed E-state index contributed by atoms with van der Waals surface area (Å²) in [6, 6.07) is 12.1. The number of amides is 1. The highest BCUT2D eigenvalue weighted by atomic mass is 32.2. The lowest BCUT2D eigenvalue weighted by atomic mass is 9.97. The molecule has 0 radical (unpaired) electrons. The van der Waals surface area contributed by atoms with Crippen LogP contribution < -0.4 is 10.5 Å². The van der Waals surface area contributed by atoms with Gasteiger partial charge in [0.1, 0.15) is 18.2 Å². The molecule has 1 amide bonds. The van der Waals surface area contributed by atoms with Gasteiger partial charge in [-0.1, -0.05) is 55.4 Å². The topological polar surface area (TPSA) is 142 Å². The second kappa shape index (κ2) is 13.3. The summed E-state index contributed by atoms with van der Waals surface area (Å²) in [6.07, 6.45) is 2.08. The Morgan fingerprint density at radius 3 is 2.55 bits per heavy atom. The van der Waals surface area contributed by atoms with E-state index in [1.807, 2.05) is 36.6 Å². The Hall–Kier alpha value is -4.03. The third-order valence-corrected chi connectivity index (χ3v) is 8.39. The van der Waals surface area contributed by atoms with Crippen LogP contribution in [0.3, 0.4) is 0 Å². The Bertz CT molecular complexity index is 1680. The van der Waals surface area contributed by atoms with Crippen LogP contribution in [0.25, 0.3) is 11.1 Å². The van der Waals surface area contributed by atoms with Gasteiger partial charge in [0.25, 0.3) is 15.9 Å². The summed E-state index contributed by atoms with van der Waals surface area (Å²) in [5, 5.41) is 3.83. The number of carbonyl (C=O) groups excluding carboxylic acids is 1. The Morgan fingerprint density at radius 2 is 1.90 bits per heavy atom. The van der Waals surface area contributed by atoms with Gasteiger partial charge in [-0.25, -0.2) is 22.5 Å². The summed E-state index contributed by atoms with van der Waals surface area (Å²) < 4.78 is 55.1. The number of sulfonamides is 1. The molecule has 3 N–H and O–H groups in total. The first kappa shape index (κ1) is 30.9. The van der Waals surface area contributed by atoms with E-state index >= 15 is 0 Å². The van der Waals surface area contributed by atoms with Crippen molar-refractivity contribution in [3.63, 3.8) is 0 Å². The van der Waals surface area contributed by atoms with Gasteiger partial charge in [-0.2, -0.15) is 0 Å². The average molecular weight is 598 g/mol. The van der Waals surface area contributed by atoms with E-state index < -0.39 is 22.6 Å². The lowest BCUT2D eigenvalue weighted by Crippen LogP contribution is -2.20. The van der Waals surface area contributed by atoms with Crippen LogP contribution in [0.4, 0.5) is 10.3 Å². The molecule has 4 rings (SSSR count). The van der Waals surface area contributed by atoms with Crippen LogP contribution >= 0.6 is 0 Å². The van der Waals surface area contributed by atoms with Crippen LogP contribution in [0.5, 0.6) is 0 Å². The molecule has 0 saturated carbocycles. The van der Waals surface area contributed by atoms with Crippen molar-refractivity contribution >= 4 is 21.8 Å². The van der Waals surface area contributed by atoms with Crippen LogP contribution in [-0.4, -0.2) is 42.3 Å². The molecule has 2 aromatic carbocycles. The lowest BCUT2D eigenvalue weighted by molar-refractivity contribution is 0.0990. The zero-order chi connectivity index (χ0) is 30.4. The monoisotopic (exact) mass is 597 g/mol. The summed E-state index contributed by atoms with van der Waals surface area (Å²) in [5.41, 5.74) is 10.5. The van der Waals surface area contributed by atoms with Gasteiger partial charge < -0.3 is 19.6 Å². The normalized spacial score (nSPS) is 11.6. The maximum atomic E-state index is 13.5. The zero-order valence-electron chi connectivity index (χ0n) is 24.2. The van der Waals surface area contributed by atoms with Crippen LogP contribution in [0.15, 0.2) is 51.9 Å². The number of imidazole rings is 1. The maximum Gasteiger partial charge on any atom is 0.267 e. The standard InChI is InChI=1S/C30H36FN5O5S/c1-5-9-27-33-25(6-2)28(29(32)37)36(27)17-21-12-13-23(22(16-21)18-40-15-14-31)24-10-7-8-11-26(24)42(38,39)35-30-19(3)20(4)34-41-30/h7-8,10-13,16,35H,5-6,9,14-15,17-18H2,1-4H3,(H2,32,37). The molecule has 224 valence electrons. The zero-order valence-corrected chi connectivity index (χ0v) is 25.1. The van der Waals surface area contributed by atoms with Crippen LogP contribution in [0.1, 0.15) is 64.7 Å². The average Bonchev–Trinajstić information content (AvgIpc) is 3.47. The van der Waals surface area contributed by atoms with Crippen LogP contribution in [0, 0.1) is 13.8 Å². The fraction of sp³-hybridized carbons (Fsp3) is 0.367. The molecule has 12 heteroatoms. The molecule has 0 aliphatic carbocycles. The largest absolute Gasteiger partial charge is 0.374 e. The van der Waals surface area contributed by atoms with E-state index in [-0.39, 0.29) is 24.0 Å². The maximum absolute atomic E-state index is 13.5. The number of benzene rings is 2. The molecule has 2 heterocycles. The Morgan fingerprint density at radius 1 is 1.14 bits per heavy atom. The molecule has 0 bridgehead atoms. The number of nitrogens with one attached hydrogen (secondary N) is 1. The second-order valence-corrected chi connectivity index (χ2v) is 11.6. The number of anilines is 1. The molecule has 0 spiro atoms. The van der Waals surface area contributed by atoms with E-state index in [2.05, 4.69) is 14.9 Å². The van der Waals surface area contributed by atoms with E-state index in [4.69, 9.17) is 15.0 Å². The summed E-state index contributed by atoms with van der Waals surface area (Å²) in [5.74, 6) is 0.264. The van der Waals surface area contributed by atoms with Crippen molar-refractivity contribution in [1.82, 2.24) is 14.7 Å². The van der Waals surface area contributed by atoms with Crippen molar-refractivity contribution in [1.29, 1.82) is 0 Å². The highest BCUT2D eigenvalue weighted by Gasteiger charge is 2.25. The van der Waals surface area contributed by atoms with Crippen molar-refractivity contribution in [3.05, 3.63) is 82.1 Å². The van der Waals surface area contributed by atoms with Gasteiger partial charge in [0.2, 0.25) is 5.88 Å². The Labute approximate surface area is 245 Å². The summed E-state index contributed by atoms with van der Waals surface area (Å²) in [6.45, 7) is 7.01. The lowest BCUT2D eigenvalue weighted by Gasteiger charge is -2.17. The minimum atomic E-state index is -4.08. The summed E-state index contributed by atoms with van der Waals surface area (Å²) in [7, 11) is -4.08. The molecule has 0 atom stereocenters. The van der Waals surface area contributed by atoms with Crippen molar-refractivity contribution < 1.29 is 26.9 Å². The number of ether oxygens (including phenoxy) is 1. The second-order valence-electron chi connectivity index (χ2n) is 9.93. The summed E-state index contributed by atoms with van der Waals surface area (Å²) >= 11 is 0. The number of hydrogen-bond acceptors (Lipinski definition) is 7. The van der Waals surface area contributed by atoms with Gasteiger partial charge >= 0.3 is 0 Å². The van der Waals surface area contributed by atoms with Gasteiger partial charge in [0.05, 0.1) is 29.5 Å². The van der Waals surface area contributed by atoms with Crippen molar-refractivity contribution in [3.8, 4) is 11.1 Å². The van der Waals surface area contributed by atoms with Gasteiger partial charge in [-0.05, 0) is 49.4 Å².